The topological polar surface area (TPSA) is 153 Å². The molecule has 0 aliphatic heterocycles. The predicted molar refractivity (Wildman–Crippen MR) is 146 cm³/mol. The number of aliphatic hydroxyl groups is 1. The van der Waals surface area contributed by atoms with Crippen molar-refractivity contribution >= 4 is 40.7 Å². The molecule has 0 radical (unpaired) electrons. The number of amides is 3. The quantitative estimate of drug-likeness (QED) is 0.110. The van der Waals surface area contributed by atoms with Gasteiger partial charge in [-0.25, -0.2) is 10.5 Å². The Morgan fingerprint density at radius 1 is 0.923 bits per heavy atom. The molecule has 11 heteroatoms. The third kappa shape index (κ3) is 9.18. The Balaban J connectivity index is 1.50. The fourth-order valence-corrected chi connectivity index (χ4v) is 3.23. The van der Waals surface area contributed by atoms with Crippen molar-refractivity contribution < 1.29 is 24.7 Å². The van der Waals surface area contributed by atoms with Crippen LogP contribution in [0.2, 0.25) is 5.15 Å². The summed E-state index contributed by atoms with van der Waals surface area (Å²) in [6.07, 6.45) is 0.332. The highest BCUT2D eigenvalue weighted by atomic mass is 35.5. The highest BCUT2D eigenvalue weighted by molar-refractivity contribution is 6.29. The number of hydroxylamine groups is 1. The molecule has 10 nitrogen and oxygen atoms in total. The Morgan fingerprint density at radius 2 is 1.51 bits per heavy atom. The maximum Gasteiger partial charge on any atom is 0.268 e. The standard InChI is InChI=1S/C28H24ClN5O5/c1-18(35)26(28(38)34-39)33-27(37)21-10-6-19(7-11-21)4-2-3-5-20-8-12-22(13-9-20)32-25(36)17-30-23-14-15-24(29)31-16-23/h6-16,18,26,30,35,39H,17H2,1H3,(H,32,36)(H,33,37)(H,34,38)/t18-,26+/m1/s1. The molecule has 3 rings (SSSR count). The molecule has 3 amide bonds. The second kappa shape index (κ2) is 14.2. The number of aromatic nitrogens is 1. The maximum atomic E-state index is 12.3. The van der Waals surface area contributed by atoms with Crippen LogP contribution < -0.4 is 21.4 Å². The van der Waals surface area contributed by atoms with E-state index < -0.39 is 24.0 Å². The van der Waals surface area contributed by atoms with E-state index >= 15 is 0 Å². The number of halogens is 1. The minimum Gasteiger partial charge on any atom is -0.391 e. The molecule has 1 heterocycles. The molecule has 2 atom stereocenters. The van der Waals surface area contributed by atoms with E-state index in [1.165, 1.54) is 24.5 Å². The van der Waals surface area contributed by atoms with Crippen LogP contribution in [0.4, 0.5) is 11.4 Å². The number of hydrogen-bond donors (Lipinski definition) is 6. The molecular weight excluding hydrogens is 522 g/mol. The van der Waals surface area contributed by atoms with E-state index in [0.29, 0.717) is 27.7 Å². The largest absolute Gasteiger partial charge is 0.391 e. The highest BCUT2D eigenvalue weighted by Gasteiger charge is 2.25. The van der Waals surface area contributed by atoms with Crippen LogP contribution in [-0.2, 0) is 9.59 Å². The molecule has 39 heavy (non-hydrogen) atoms. The van der Waals surface area contributed by atoms with Gasteiger partial charge in [0.15, 0.2) is 0 Å². The van der Waals surface area contributed by atoms with Crippen molar-refractivity contribution in [2.24, 2.45) is 0 Å². The fraction of sp³-hybridized carbons (Fsp3) is 0.143. The zero-order valence-corrected chi connectivity index (χ0v) is 21.4. The first-order valence-electron chi connectivity index (χ1n) is 11.6. The van der Waals surface area contributed by atoms with E-state index in [1.54, 1.807) is 54.7 Å². The Morgan fingerprint density at radius 3 is 2.05 bits per heavy atom. The summed E-state index contributed by atoms with van der Waals surface area (Å²) < 4.78 is 0. The summed E-state index contributed by atoms with van der Waals surface area (Å²) in [4.78, 5) is 40.0. The van der Waals surface area contributed by atoms with Crippen LogP contribution >= 0.6 is 11.6 Å². The van der Waals surface area contributed by atoms with Crippen molar-refractivity contribution in [3.8, 4) is 23.7 Å². The molecule has 2 aromatic carbocycles. The van der Waals surface area contributed by atoms with Gasteiger partial charge in [0.05, 0.1) is 24.5 Å². The summed E-state index contributed by atoms with van der Waals surface area (Å²) in [6, 6.07) is 15.3. The Labute approximate surface area is 229 Å². The van der Waals surface area contributed by atoms with Crippen molar-refractivity contribution in [1.29, 1.82) is 0 Å². The van der Waals surface area contributed by atoms with Crippen LogP contribution in [0.25, 0.3) is 0 Å². The fourth-order valence-electron chi connectivity index (χ4n) is 3.12. The molecule has 1 aromatic heterocycles. The van der Waals surface area contributed by atoms with Crippen LogP contribution in [0, 0.1) is 23.7 Å². The second-order valence-electron chi connectivity index (χ2n) is 8.09. The van der Waals surface area contributed by atoms with Crippen molar-refractivity contribution in [3.05, 3.63) is 88.7 Å². The van der Waals surface area contributed by atoms with Gasteiger partial charge in [0.2, 0.25) is 5.91 Å². The molecule has 0 bridgehead atoms. The van der Waals surface area contributed by atoms with Crippen molar-refractivity contribution in [2.45, 2.75) is 19.1 Å². The molecule has 0 unspecified atom stereocenters. The van der Waals surface area contributed by atoms with Crippen LogP contribution in [0.1, 0.15) is 28.4 Å². The van der Waals surface area contributed by atoms with Gasteiger partial charge in [-0.2, -0.15) is 0 Å². The molecule has 3 aromatic rings. The van der Waals surface area contributed by atoms with Gasteiger partial charge in [-0.3, -0.25) is 19.6 Å². The van der Waals surface area contributed by atoms with Gasteiger partial charge < -0.3 is 21.1 Å². The summed E-state index contributed by atoms with van der Waals surface area (Å²) in [6.45, 7) is 1.38. The smallest absolute Gasteiger partial charge is 0.268 e. The first-order valence-corrected chi connectivity index (χ1v) is 11.9. The first-order chi connectivity index (χ1) is 18.7. The van der Waals surface area contributed by atoms with E-state index in [1.807, 2.05) is 0 Å². The minimum atomic E-state index is -1.31. The third-order valence-corrected chi connectivity index (χ3v) is 5.36. The number of carbonyl (C=O) groups excluding carboxylic acids is 3. The lowest BCUT2D eigenvalue weighted by atomic mass is 10.1. The molecule has 0 saturated heterocycles. The van der Waals surface area contributed by atoms with E-state index in [2.05, 4.69) is 44.6 Å². The summed E-state index contributed by atoms with van der Waals surface area (Å²) in [5, 5.41) is 26.8. The number of hydrogen-bond acceptors (Lipinski definition) is 7. The average Bonchev–Trinajstić information content (AvgIpc) is 2.94. The molecule has 0 spiro atoms. The number of anilines is 2. The third-order valence-electron chi connectivity index (χ3n) is 5.13. The lowest BCUT2D eigenvalue weighted by Gasteiger charge is -2.19. The Bertz CT molecular complexity index is 1430. The summed E-state index contributed by atoms with van der Waals surface area (Å²) in [5.74, 6) is 9.51. The van der Waals surface area contributed by atoms with Crippen LogP contribution in [0.5, 0.6) is 0 Å². The Kier molecular flexibility index (Phi) is 10.4. The van der Waals surface area contributed by atoms with Gasteiger partial charge >= 0.3 is 0 Å². The van der Waals surface area contributed by atoms with E-state index in [4.69, 9.17) is 16.8 Å². The molecule has 0 fully saturated rings. The highest BCUT2D eigenvalue weighted by Crippen LogP contribution is 2.11. The lowest BCUT2D eigenvalue weighted by Crippen LogP contribution is -2.51. The zero-order chi connectivity index (χ0) is 28.2. The van der Waals surface area contributed by atoms with Crippen molar-refractivity contribution in [2.75, 3.05) is 17.2 Å². The summed E-state index contributed by atoms with van der Waals surface area (Å²) >= 11 is 5.74. The monoisotopic (exact) mass is 545 g/mol. The van der Waals surface area contributed by atoms with Crippen LogP contribution in [-0.4, -0.2) is 51.7 Å². The second-order valence-corrected chi connectivity index (χ2v) is 8.48. The normalized spacial score (nSPS) is 11.4. The predicted octanol–water partition coefficient (Wildman–Crippen LogP) is 2.17. The number of aliphatic hydroxyl groups excluding tert-OH is 1. The average molecular weight is 546 g/mol. The van der Waals surface area contributed by atoms with E-state index in [-0.39, 0.29) is 18.0 Å². The number of rotatable bonds is 8. The van der Waals surface area contributed by atoms with E-state index in [9.17, 15) is 19.5 Å². The van der Waals surface area contributed by atoms with Gasteiger partial charge in [-0.05, 0) is 79.4 Å². The van der Waals surface area contributed by atoms with Crippen molar-refractivity contribution in [1.82, 2.24) is 15.8 Å². The van der Waals surface area contributed by atoms with Gasteiger partial charge in [-0.15, -0.1) is 0 Å². The van der Waals surface area contributed by atoms with Gasteiger partial charge in [0, 0.05) is 22.4 Å². The molecule has 0 aliphatic rings. The summed E-state index contributed by atoms with van der Waals surface area (Å²) in [7, 11) is 0. The summed E-state index contributed by atoms with van der Waals surface area (Å²) in [5.41, 5.74) is 4.27. The van der Waals surface area contributed by atoms with Crippen LogP contribution in [0.15, 0.2) is 66.9 Å². The number of nitrogens with one attached hydrogen (secondary N) is 4. The Hall–Kier alpha value is -4.87. The molecule has 0 aliphatic carbocycles. The number of benzene rings is 2. The van der Waals surface area contributed by atoms with Gasteiger partial charge in [-0.1, -0.05) is 23.4 Å². The van der Waals surface area contributed by atoms with Crippen molar-refractivity contribution in [3.63, 3.8) is 0 Å². The minimum absolute atomic E-state index is 0.0648. The number of carbonyl (C=O) groups is 3. The van der Waals surface area contributed by atoms with Gasteiger partial charge in [0.25, 0.3) is 11.8 Å². The molecule has 6 N–H and O–H groups in total. The molecule has 0 saturated carbocycles. The molecule has 198 valence electrons. The SMILES string of the molecule is C[C@@H](O)[C@H](NC(=O)c1ccc(C#CC#Cc2ccc(NC(=O)CNc3ccc(Cl)nc3)cc2)cc1)C(=O)NO. The number of pyridine rings is 1. The zero-order valence-electron chi connectivity index (χ0n) is 20.7. The maximum absolute atomic E-state index is 12.3. The lowest BCUT2D eigenvalue weighted by molar-refractivity contribution is -0.133. The number of nitrogens with zero attached hydrogens (tertiary/aromatic N) is 1. The van der Waals surface area contributed by atoms with Gasteiger partial charge in [0.1, 0.15) is 11.2 Å². The first kappa shape index (κ1) is 28.7. The van der Waals surface area contributed by atoms with Crippen LogP contribution in [0.3, 0.4) is 0 Å². The van der Waals surface area contributed by atoms with E-state index in [0.717, 1.165) is 0 Å². The molecular formula is C28H24ClN5O5.